The van der Waals surface area contributed by atoms with Crippen LogP contribution in [0.5, 0.6) is 11.5 Å². The summed E-state index contributed by atoms with van der Waals surface area (Å²) < 4.78 is 10.5. The minimum Gasteiger partial charge on any atom is -0.493 e. The maximum Gasteiger partial charge on any atom is 0.267 e. The topological polar surface area (TPSA) is 86.5 Å². The number of nitrogens with zero attached hydrogens (tertiary/aromatic N) is 1. The van der Waals surface area contributed by atoms with Crippen LogP contribution in [0.4, 0.5) is 11.4 Å². The summed E-state index contributed by atoms with van der Waals surface area (Å²) in [5.74, 6) is 0.844. The highest BCUT2D eigenvalue weighted by molar-refractivity contribution is 7.21. The number of fused-ring (bicyclic) bond motifs is 2. The quantitative estimate of drug-likeness (QED) is 0.501. The summed E-state index contributed by atoms with van der Waals surface area (Å²) in [6.45, 7) is 4.09. The van der Waals surface area contributed by atoms with Gasteiger partial charge in [0.25, 0.3) is 5.91 Å². The van der Waals surface area contributed by atoms with Crippen molar-refractivity contribution in [3.63, 3.8) is 0 Å². The number of carbonyl (C=O) groups excluding carboxylic acids is 1. The number of hydrogen-bond acceptors (Lipinski definition) is 6. The van der Waals surface area contributed by atoms with Gasteiger partial charge in [0.1, 0.15) is 9.71 Å². The highest BCUT2D eigenvalue weighted by Gasteiger charge is 2.19. The van der Waals surface area contributed by atoms with E-state index in [1.54, 1.807) is 32.4 Å². The van der Waals surface area contributed by atoms with Gasteiger partial charge in [-0.05, 0) is 43.7 Å². The molecule has 2 heterocycles. The van der Waals surface area contributed by atoms with Gasteiger partial charge in [-0.2, -0.15) is 0 Å². The van der Waals surface area contributed by atoms with E-state index in [2.05, 4.69) is 24.4 Å². The first-order valence-electron chi connectivity index (χ1n) is 9.04. The molecule has 0 unspecified atom stereocenters. The van der Waals surface area contributed by atoms with Gasteiger partial charge >= 0.3 is 0 Å². The lowest BCUT2D eigenvalue weighted by molar-refractivity contribution is 0.103. The molecule has 0 saturated carbocycles. The molecule has 0 bridgehead atoms. The minimum absolute atomic E-state index is 0.283. The summed E-state index contributed by atoms with van der Waals surface area (Å²) in [5.41, 5.74) is 10.6. The summed E-state index contributed by atoms with van der Waals surface area (Å²) in [4.78, 5) is 18.8. The second-order valence-electron chi connectivity index (χ2n) is 6.86. The number of amides is 1. The van der Waals surface area contributed by atoms with Crippen molar-refractivity contribution in [3.05, 3.63) is 52.4 Å². The first-order valence-corrected chi connectivity index (χ1v) is 9.86. The van der Waals surface area contributed by atoms with E-state index in [4.69, 9.17) is 20.2 Å². The number of thiophene rings is 1. The van der Waals surface area contributed by atoms with E-state index < -0.39 is 0 Å². The number of nitrogens with two attached hydrogens (primary N) is 1. The fraction of sp³-hybridized carbons (Fsp3) is 0.182. The van der Waals surface area contributed by atoms with Gasteiger partial charge in [-0.3, -0.25) is 4.79 Å². The van der Waals surface area contributed by atoms with Crippen LogP contribution in [0.25, 0.3) is 21.1 Å². The zero-order valence-electron chi connectivity index (χ0n) is 16.6. The molecule has 4 rings (SSSR count). The molecule has 0 spiro atoms. The molecule has 0 aliphatic carbocycles. The number of nitrogens with one attached hydrogen (secondary N) is 1. The van der Waals surface area contributed by atoms with Crippen LogP contribution in [0.3, 0.4) is 0 Å². The zero-order valence-corrected chi connectivity index (χ0v) is 17.4. The van der Waals surface area contributed by atoms with Crippen molar-refractivity contribution in [1.29, 1.82) is 0 Å². The number of aryl methyl sites for hydroxylation is 2. The number of hydrogen-bond donors (Lipinski definition) is 2. The smallest absolute Gasteiger partial charge is 0.267 e. The standard InChI is InChI=1S/C22H21N3O3S/c1-11-7-12(2)19-13(8-11)9-15-18(23)20(29-22(15)25-19)21(26)24-14-5-6-16(27-3)17(10-14)28-4/h5-10H,23H2,1-4H3,(H,24,26). The van der Waals surface area contributed by atoms with Gasteiger partial charge in [0, 0.05) is 22.5 Å². The molecule has 148 valence electrons. The van der Waals surface area contributed by atoms with Crippen molar-refractivity contribution >= 4 is 49.7 Å². The Balaban J connectivity index is 1.73. The Morgan fingerprint density at radius 2 is 1.83 bits per heavy atom. The number of methoxy groups -OCH3 is 2. The predicted molar refractivity (Wildman–Crippen MR) is 119 cm³/mol. The molecule has 6 nitrogen and oxygen atoms in total. The van der Waals surface area contributed by atoms with E-state index in [1.165, 1.54) is 11.3 Å². The average Bonchev–Trinajstić information content (AvgIpc) is 3.02. The molecule has 0 fully saturated rings. The van der Waals surface area contributed by atoms with Gasteiger partial charge < -0.3 is 20.5 Å². The summed E-state index contributed by atoms with van der Waals surface area (Å²) in [7, 11) is 3.11. The number of ether oxygens (including phenoxy) is 2. The van der Waals surface area contributed by atoms with E-state index in [1.807, 2.05) is 13.0 Å². The van der Waals surface area contributed by atoms with E-state index in [0.717, 1.165) is 32.2 Å². The fourth-order valence-electron chi connectivity index (χ4n) is 3.45. The third-order valence-electron chi connectivity index (χ3n) is 4.80. The van der Waals surface area contributed by atoms with Crippen molar-refractivity contribution in [3.8, 4) is 11.5 Å². The lowest BCUT2D eigenvalue weighted by Crippen LogP contribution is -2.12. The predicted octanol–water partition coefficient (Wildman–Crippen LogP) is 4.92. The summed E-state index contributed by atoms with van der Waals surface area (Å²) in [6, 6.07) is 11.4. The van der Waals surface area contributed by atoms with E-state index >= 15 is 0 Å². The Hall–Kier alpha value is -3.32. The van der Waals surface area contributed by atoms with E-state index in [-0.39, 0.29) is 5.91 Å². The van der Waals surface area contributed by atoms with E-state index in [0.29, 0.717) is 27.8 Å². The Labute approximate surface area is 172 Å². The van der Waals surface area contributed by atoms with Crippen LogP contribution in [0.2, 0.25) is 0 Å². The monoisotopic (exact) mass is 407 g/mol. The average molecular weight is 407 g/mol. The van der Waals surface area contributed by atoms with Crippen LogP contribution >= 0.6 is 11.3 Å². The largest absolute Gasteiger partial charge is 0.493 e. The number of benzene rings is 2. The van der Waals surface area contributed by atoms with Crippen LogP contribution < -0.4 is 20.5 Å². The van der Waals surface area contributed by atoms with Crippen molar-refractivity contribution in [2.75, 3.05) is 25.3 Å². The molecule has 1 amide bonds. The Kier molecular flexibility index (Phi) is 4.76. The van der Waals surface area contributed by atoms with Gasteiger partial charge in [-0.15, -0.1) is 11.3 Å². The van der Waals surface area contributed by atoms with Crippen LogP contribution in [0, 0.1) is 13.8 Å². The van der Waals surface area contributed by atoms with Gasteiger partial charge in [0.05, 0.1) is 25.4 Å². The maximum absolute atomic E-state index is 12.9. The first kappa shape index (κ1) is 19.0. The second-order valence-corrected chi connectivity index (χ2v) is 7.86. The molecular weight excluding hydrogens is 386 g/mol. The normalized spacial score (nSPS) is 11.0. The molecule has 0 saturated heterocycles. The third-order valence-corrected chi connectivity index (χ3v) is 5.91. The second kappa shape index (κ2) is 7.25. The number of nitrogen functional groups attached to an aromatic ring is 1. The van der Waals surface area contributed by atoms with Crippen LogP contribution in [-0.4, -0.2) is 25.1 Å². The number of carbonyl (C=O) groups is 1. The molecule has 4 aromatic rings. The molecule has 0 radical (unpaired) electrons. The molecule has 0 atom stereocenters. The number of aromatic nitrogens is 1. The summed E-state index contributed by atoms with van der Waals surface area (Å²) in [6.07, 6.45) is 0. The fourth-order valence-corrected chi connectivity index (χ4v) is 4.42. The summed E-state index contributed by atoms with van der Waals surface area (Å²) in [5, 5.41) is 4.69. The molecule has 2 aromatic carbocycles. The van der Waals surface area contributed by atoms with Crippen molar-refractivity contribution in [2.24, 2.45) is 0 Å². The maximum atomic E-state index is 12.9. The van der Waals surface area contributed by atoms with Crippen molar-refractivity contribution < 1.29 is 14.3 Å². The minimum atomic E-state index is -0.283. The SMILES string of the molecule is COc1ccc(NC(=O)c2sc3nc4c(C)cc(C)cc4cc3c2N)cc1OC. The number of anilines is 2. The van der Waals surface area contributed by atoms with Crippen molar-refractivity contribution in [2.45, 2.75) is 13.8 Å². The number of pyridine rings is 1. The van der Waals surface area contributed by atoms with Crippen LogP contribution in [0.1, 0.15) is 20.8 Å². The first-order chi connectivity index (χ1) is 13.9. The van der Waals surface area contributed by atoms with Gasteiger partial charge in [-0.25, -0.2) is 4.98 Å². The lowest BCUT2D eigenvalue weighted by atomic mass is 10.1. The molecule has 3 N–H and O–H groups in total. The lowest BCUT2D eigenvalue weighted by Gasteiger charge is -2.10. The molecular formula is C22H21N3O3S. The van der Waals surface area contributed by atoms with Gasteiger partial charge in [0.2, 0.25) is 0 Å². The van der Waals surface area contributed by atoms with Crippen LogP contribution in [-0.2, 0) is 0 Å². The Bertz CT molecular complexity index is 1260. The van der Waals surface area contributed by atoms with Crippen LogP contribution in [0.15, 0.2) is 36.4 Å². The van der Waals surface area contributed by atoms with Crippen molar-refractivity contribution in [1.82, 2.24) is 4.98 Å². The zero-order chi connectivity index (χ0) is 20.7. The summed E-state index contributed by atoms with van der Waals surface area (Å²) >= 11 is 1.29. The highest BCUT2D eigenvalue weighted by Crippen LogP contribution is 2.36. The van der Waals surface area contributed by atoms with E-state index in [9.17, 15) is 4.79 Å². The molecule has 0 aliphatic rings. The Morgan fingerprint density at radius 3 is 2.55 bits per heavy atom. The molecule has 7 heteroatoms. The molecule has 2 aromatic heterocycles. The third kappa shape index (κ3) is 3.34. The molecule has 0 aliphatic heterocycles. The number of rotatable bonds is 4. The van der Waals surface area contributed by atoms with Gasteiger partial charge in [0.15, 0.2) is 11.5 Å². The Morgan fingerprint density at radius 1 is 1.07 bits per heavy atom. The van der Waals surface area contributed by atoms with Gasteiger partial charge in [-0.1, -0.05) is 11.6 Å². The highest BCUT2D eigenvalue weighted by atomic mass is 32.1. The molecule has 29 heavy (non-hydrogen) atoms.